The van der Waals surface area contributed by atoms with Crippen molar-refractivity contribution in [1.29, 1.82) is 0 Å². The zero-order valence-electron chi connectivity index (χ0n) is 20.9. The van der Waals surface area contributed by atoms with Crippen molar-refractivity contribution in [2.24, 2.45) is 5.92 Å². The zero-order valence-corrected chi connectivity index (χ0v) is 21.8. The lowest BCUT2D eigenvalue weighted by Crippen LogP contribution is -2.50. The second-order valence-corrected chi connectivity index (χ2v) is 12.7. The average Bonchev–Trinajstić information content (AvgIpc) is 3.46. The highest BCUT2D eigenvalue weighted by Gasteiger charge is 2.59. The molecule has 0 bridgehead atoms. The predicted molar refractivity (Wildman–Crippen MR) is 137 cm³/mol. The van der Waals surface area contributed by atoms with Crippen LogP contribution in [0.1, 0.15) is 41.0 Å². The first-order chi connectivity index (χ1) is 17.6. The van der Waals surface area contributed by atoms with Gasteiger partial charge in [-0.3, -0.25) is 14.5 Å². The maximum Gasteiger partial charge on any atom is 0.261 e. The molecule has 2 aromatic carbocycles. The van der Waals surface area contributed by atoms with E-state index in [0.29, 0.717) is 43.7 Å². The van der Waals surface area contributed by atoms with Gasteiger partial charge in [-0.15, -0.1) is 0 Å². The fourth-order valence-corrected chi connectivity index (χ4v) is 8.02. The molecule has 6 rings (SSSR count). The first kappa shape index (κ1) is 24.5. The van der Waals surface area contributed by atoms with Crippen LogP contribution < -0.4 is 4.90 Å². The number of para-hydroxylation sites is 1. The van der Waals surface area contributed by atoms with E-state index in [2.05, 4.69) is 4.90 Å². The number of anilines is 1. The van der Waals surface area contributed by atoms with Crippen molar-refractivity contribution < 1.29 is 27.5 Å². The quantitative estimate of drug-likeness (QED) is 0.553. The highest BCUT2D eigenvalue weighted by molar-refractivity contribution is 7.89. The van der Waals surface area contributed by atoms with Gasteiger partial charge in [-0.05, 0) is 44.5 Å². The summed E-state index contributed by atoms with van der Waals surface area (Å²) in [4.78, 5) is 29.9. The van der Waals surface area contributed by atoms with Crippen molar-refractivity contribution in [3.8, 4) is 0 Å². The molecule has 4 atom stereocenters. The number of imide groups is 1. The molecule has 0 spiro atoms. The monoisotopic (exact) mass is 525 g/mol. The normalized spacial score (nSPS) is 29.6. The van der Waals surface area contributed by atoms with Gasteiger partial charge in [0.05, 0.1) is 29.0 Å². The SMILES string of the molecule is CC1(C)O[C@@H]2[C@@H](CS(=O)(=O)N3CCN(c4ccccc4)CC3)C[C@@H](N3C(=O)c4ccccc4C3=O)[C@@H]2O1. The number of sulfonamides is 1. The standard InChI is InChI=1S/C27H31N3O6S/c1-27(2)35-23-18(17-37(33,34)29-14-12-28(13-15-29)19-8-4-3-5-9-19)16-22(24(23)36-27)30-25(31)20-10-6-7-11-21(20)26(30)32/h3-11,18,22-24H,12-17H2,1-2H3/t18-,22-,23-,24+/m1/s1. The van der Waals surface area contributed by atoms with Crippen molar-refractivity contribution in [3.05, 3.63) is 65.7 Å². The van der Waals surface area contributed by atoms with Gasteiger partial charge in [-0.25, -0.2) is 8.42 Å². The number of nitrogens with zero attached hydrogens (tertiary/aromatic N) is 3. The number of rotatable bonds is 5. The summed E-state index contributed by atoms with van der Waals surface area (Å²) in [5, 5.41) is 0. The third-order valence-corrected chi connectivity index (χ3v) is 9.89. The molecule has 2 saturated heterocycles. The molecule has 0 radical (unpaired) electrons. The number of hydrogen-bond donors (Lipinski definition) is 0. The molecule has 4 aliphatic rings. The summed E-state index contributed by atoms with van der Waals surface area (Å²) < 4.78 is 41.0. The third-order valence-electron chi connectivity index (χ3n) is 7.89. The van der Waals surface area contributed by atoms with E-state index in [-0.39, 0.29) is 17.6 Å². The van der Waals surface area contributed by atoms with Crippen LogP contribution >= 0.6 is 0 Å². The minimum Gasteiger partial charge on any atom is -0.369 e. The molecule has 10 heteroatoms. The largest absolute Gasteiger partial charge is 0.369 e. The van der Waals surface area contributed by atoms with Gasteiger partial charge in [0.25, 0.3) is 11.8 Å². The summed E-state index contributed by atoms with van der Waals surface area (Å²) in [6.45, 7) is 5.60. The molecule has 2 aromatic rings. The van der Waals surface area contributed by atoms with Crippen LogP contribution in [0.15, 0.2) is 54.6 Å². The summed E-state index contributed by atoms with van der Waals surface area (Å²) in [7, 11) is -3.59. The molecular weight excluding hydrogens is 494 g/mol. The predicted octanol–water partition coefficient (Wildman–Crippen LogP) is 2.34. The molecule has 9 nitrogen and oxygen atoms in total. The fraction of sp³-hybridized carbons (Fsp3) is 0.481. The minimum absolute atomic E-state index is 0.112. The fourth-order valence-electron chi connectivity index (χ4n) is 6.22. The van der Waals surface area contributed by atoms with Crippen LogP contribution in [-0.4, -0.2) is 85.4 Å². The Labute approximate surface area is 217 Å². The lowest BCUT2D eigenvalue weighted by atomic mass is 10.1. The lowest BCUT2D eigenvalue weighted by molar-refractivity contribution is -0.160. The van der Waals surface area contributed by atoms with Crippen molar-refractivity contribution in [3.63, 3.8) is 0 Å². The van der Waals surface area contributed by atoms with E-state index in [4.69, 9.17) is 9.47 Å². The number of ether oxygens (including phenoxy) is 2. The molecule has 3 aliphatic heterocycles. The Bertz CT molecular complexity index is 1290. The molecule has 196 valence electrons. The Balaban J connectivity index is 1.19. The van der Waals surface area contributed by atoms with Crippen LogP contribution in [-0.2, 0) is 19.5 Å². The highest BCUT2D eigenvalue weighted by Crippen LogP contribution is 2.45. The summed E-state index contributed by atoms with van der Waals surface area (Å²) in [5.41, 5.74) is 1.82. The number of carbonyl (C=O) groups is 2. The first-order valence-electron chi connectivity index (χ1n) is 12.7. The number of amides is 2. The molecule has 3 heterocycles. The average molecular weight is 526 g/mol. The van der Waals surface area contributed by atoms with Gasteiger partial charge < -0.3 is 14.4 Å². The molecule has 1 saturated carbocycles. The summed E-state index contributed by atoms with van der Waals surface area (Å²) in [5.74, 6) is -2.18. The molecule has 37 heavy (non-hydrogen) atoms. The van der Waals surface area contributed by atoms with Gasteiger partial charge in [0.15, 0.2) is 5.79 Å². The first-order valence-corrected chi connectivity index (χ1v) is 14.4. The van der Waals surface area contributed by atoms with E-state index < -0.39 is 40.0 Å². The smallest absolute Gasteiger partial charge is 0.261 e. The molecule has 0 unspecified atom stereocenters. The summed E-state index contributed by atoms with van der Waals surface area (Å²) in [6.07, 6.45) is -0.780. The second kappa shape index (κ2) is 8.90. The highest BCUT2D eigenvalue weighted by atomic mass is 32.2. The van der Waals surface area contributed by atoms with E-state index in [1.165, 1.54) is 4.90 Å². The lowest BCUT2D eigenvalue weighted by Gasteiger charge is -2.36. The molecular formula is C27H31N3O6S. The van der Waals surface area contributed by atoms with Crippen LogP contribution in [0.25, 0.3) is 0 Å². The number of benzene rings is 2. The van der Waals surface area contributed by atoms with Crippen LogP contribution in [0.3, 0.4) is 0 Å². The molecule has 0 aromatic heterocycles. The Morgan fingerprint density at radius 2 is 1.41 bits per heavy atom. The Kier molecular flexibility index (Phi) is 5.91. The maximum absolute atomic E-state index is 13.5. The second-order valence-electron chi connectivity index (χ2n) is 10.7. The van der Waals surface area contributed by atoms with Crippen LogP contribution in [0.2, 0.25) is 0 Å². The van der Waals surface area contributed by atoms with E-state index in [9.17, 15) is 18.0 Å². The van der Waals surface area contributed by atoms with E-state index in [0.717, 1.165) is 5.69 Å². The number of piperazine rings is 1. The summed E-state index contributed by atoms with van der Waals surface area (Å²) in [6, 6.07) is 16.1. The number of hydrogen-bond acceptors (Lipinski definition) is 7. The maximum atomic E-state index is 13.5. The van der Waals surface area contributed by atoms with Gasteiger partial charge in [0, 0.05) is 37.8 Å². The van der Waals surface area contributed by atoms with E-state index in [1.807, 2.05) is 30.3 Å². The van der Waals surface area contributed by atoms with E-state index >= 15 is 0 Å². The minimum atomic E-state index is -3.59. The van der Waals surface area contributed by atoms with Crippen LogP contribution in [0, 0.1) is 5.92 Å². The Morgan fingerprint density at radius 1 is 0.838 bits per heavy atom. The van der Waals surface area contributed by atoms with Crippen molar-refractivity contribution in [2.45, 2.75) is 44.3 Å². The number of carbonyl (C=O) groups excluding carboxylic acids is 2. The van der Waals surface area contributed by atoms with Gasteiger partial charge in [0.2, 0.25) is 10.0 Å². The molecule has 0 N–H and O–H groups in total. The van der Waals surface area contributed by atoms with Gasteiger partial charge >= 0.3 is 0 Å². The van der Waals surface area contributed by atoms with Crippen molar-refractivity contribution in [2.75, 3.05) is 36.8 Å². The molecule has 2 amide bonds. The van der Waals surface area contributed by atoms with Crippen LogP contribution in [0.4, 0.5) is 5.69 Å². The van der Waals surface area contributed by atoms with E-state index in [1.54, 1.807) is 42.4 Å². The zero-order chi connectivity index (χ0) is 25.9. The van der Waals surface area contributed by atoms with Crippen molar-refractivity contribution >= 4 is 27.5 Å². The third kappa shape index (κ3) is 4.25. The van der Waals surface area contributed by atoms with Gasteiger partial charge in [0.1, 0.15) is 6.10 Å². The van der Waals surface area contributed by atoms with Gasteiger partial charge in [-0.1, -0.05) is 30.3 Å². The Morgan fingerprint density at radius 3 is 2.03 bits per heavy atom. The van der Waals surface area contributed by atoms with Crippen molar-refractivity contribution in [1.82, 2.24) is 9.21 Å². The summed E-state index contributed by atoms with van der Waals surface area (Å²) >= 11 is 0. The topological polar surface area (TPSA) is 96.5 Å². The molecule has 3 fully saturated rings. The Hall–Kier alpha value is -2.79. The van der Waals surface area contributed by atoms with Crippen LogP contribution in [0.5, 0.6) is 0 Å². The van der Waals surface area contributed by atoms with Gasteiger partial charge in [-0.2, -0.15) is 4.31 Å². The number of fused-ring (bicyclic) bond motifs is 2. The molecule has 1 aliphatic carbocycles.